The first-order chi connectivity index (χ1) is 10.3. The molecule has 23 heavy (non-hydrogen) atoms. The maximum atomic E-state index is 8.99. The monoisotopic (exact) mass is 328 g/mol. The summed E-state index contributed by atoms with van der Waals surface area (Å²) in [6, 6.07) is 0. The normalized spacial score (nSPS) is 35.7. The van der Waals surface area contributed by atoms with Crippen LogP contribution in [0.5, 0.6) is 0 Å². The maximum Gasteiger partial charge on any atom is 0.0462 e. The van der Waals surface area contributed by atoms with Gasteiger partial charge in [-0.1, -0.05) is 49.0 Å². The minimum Gasteiger partial charge on any atom is -0.396 e. The molecule has 6 atom stereocenters. The van der Waals surface area contributed by atoms with Crippen LogP contribution in [0.1, 0.15) is 74.7 Å². The third-order valence-electron chi connectivity index (χ3n) is 5.98. The van der Waals surface area contributed by atoms with Gasteiger partial charge >= 0.3 is 0 Å². The molecule has 2 rings (SSSR count). The van der Waals surface area contributed by atoms with Crippen molar-refractivity contribution >= 4 is 0 Å². The van der Waals surface area contributed by atoms with Gasteiger partial charge in [0.15, 0.2) is 0 Å². The van der Waals surface area contributed by atoms with E-state index in [4.69, 9.17) is 10.2 Å². The van der Waals surface area contributed by atoms with E-state index >= 15 is 0 Å². The molecule has 0 saturated heterocycles. The Kier molecular flexibility index (Phi) is 10.7. The van der Waals surface area contributed by atoms with Crippen LogP contribution in [0.25, 0.3) is 0 Å². The Labute approximate surface area is 146 Å². The highest BCUT2D eigenvalue weighted by molar-refractivity contribution is 4.87. The number of hydrogen-bond donors (Lipinski definition) is 2. The summed E-state index contributed by atoms with van der Waals surface area (Å²) in [6.45, 7) is 14.5. The number of hydrogen-bond acceptors (Lipinski definition) is 2. The van der Waals surface area contributed by atoms with Crippen LogP contribution in [0, 0.1) is 47.3 Å². The highest BCUT2D eigenvalue weighted by Crippen LogP contribution is 2.44. The van der Waals surface area contributed by atoms with Crippen LogP contribution >= 0.6 is 0 Å². The Morgan fingerprint density at radius 3 is 1.22 bits per heavy atom. The van der Waals surface area contributed by atoms with Crippen molar-refractivity contribution in [3.63, 3.8) is 0 Å². The average Bonchev–Trinajstić information content (AvgIpc) is 2.45. The lowest BCUT2D eigenvalue weighted by molar-refractivity contribution is 0.0193. The van der Waals surface area contributed by atoms with E-state index in [1.807, 2.05) is 0 Å². The van der Waals surface area contributed by atoms with E-state index in [0.717, 1.165) is 35.5 Å². The van der Waals surface area contributed by atoms with E-state index in [9.17, 15) is 0 Å². The predicted octanol–water partition coefficient (Wildman–Crippen LogP) is 5.23. The van der Waals surface area contributed by atoms with E-state index in [0.29, 0.717) is 25.0 Å². The summed E-state index contributed by atoms with van der Waals surface area (Å²) < 4.78 is 0. The van der Waals surface area contributed by atoms with Crippen molar-refractivity contribution < 1.29 is 10.2 Å². The molecule has 2 N–H and O–H groups in total. The van der Waals surface area contributed by atoms with E-state index in [2.05, 4.69) is 41.5 Å². The predicted molar refractivity (Wildman–Crippen MR) is 101 cm³/mol. The molecule has 0 radical (unpaired) electrons. The summed E-state index contributed by atoms with van der Waals surface area (Å²) in [5.74, 6) is 6.14. The van der Waals surface area contributed by atoms with Gasteiger partial charge in [0.2, 0.25) is 0 Å². The number of aliphatic hydroxyl groups is 2. The molecule has 0 heterocycles. The quantitative estimate of drug-likeness (QED) is 0.701. The van der Waals surface area contributed by atoms with Gasteiger partial charge in [-0.25, -0.2) is 0 Å². The smallest absolute Gasteiger partial charge is 0.0462 e. The van der Waals surface area contributed by atoms with Crippen LogP contribution < -0.4 is 0 Å². The molecule has 0 amide bonds. The summed E-state index contributed by atoms with van der Waals surface area (Å²) in [6.07, 6.45) is 5.08. The van der Waals surface area contributed by atoms with Gasteiger partial charge in [-0.05, 0) is 73.0 Å². The Morgan fingerprint density at radius 1 is 0.739 bits per heavy atom. The minimum atomic E-state index is 0. The van der Waals surface area contributed by atoms with Crippen LogP contribution in [-0.2, 0) is 0 Å². The van der Waals surface area contributed by atoms with Gasteiger partial charge in [0.1, 0.15) is 0 Å². The van der Waals surface area contributed by atoms with Crippen molar-refractivity contribution in [1.82, 2.24) is 0 Å². The van der Waals surface area contributed by atoms with Gasteiger partial charge < -0.3 is 10.2 Å². The zero-order chi connectivity index (χ0) is 16.9. The standard InChI is InChI=1S/2C10H20O.CH4/c2*1-7(2)4-10-8(3)5-9(10)6-11;/h2*7-11H,4-6H2,1-3H3;1H4. The summed E-state index contributed by atoms with van der Waals surface area (Å²) in [5, 5.41) is 18.0. The van der Waals surface area contributed by atoms with Gasteiger partial charge in [-0.3, -0.25) is 0 Å². The van der Waals surface area contributed by atoms with E-state index < -0.39 is 0 Å². The first-order valence-corrected chi connectivity index (χ1v) is 9.51. The van der Waals surface area contributed by atoms with Crippen molar-refractivity contribution in [3.05, 3.63) is 0 Å². The molecule has 0 aliphatic heterocycles. The largest absolute Gasteiger partial charge is 0.396 e. The van der Waals surface area contributed by atoms with Gasteiger partial charge in [0.05, 0.1) is 0 Å². The summed E-state index contributed by atoms with van der Waals surface area (Å²) in [7, 11) is 0. The molecule has 2 nitrogen and oxygen atoms in total. The summed E-state index contributed by atoms with van der Waals surface area (Å²) >= 11 is 0. The molecule has 0 aromatic rings. The van der Waals surface area contributed by atoms with Crippen molar-refractivity contribution in [3.8, 4) is 0 Å². The van der Waals surface area contributed by atoms with Crippen molar-refractivity contribution in [1.29, 1.82) is 0 Å². The molecule has 0 aromatic carbocycles. The Bertz CT molecular complexity index is 270. The first kappa shape index (κ1) is 22.9. The fourth-order valence-electron chi connectivity index (χ4n) is 4.55. The zero-order valence-corrected chi connectivity index (χ0v) is 15.8. The SMILES string of the molecule is C.CC(C)CC1C(C)CC1CO.CC(C)CC1C(C)CC1CO. The van der Waals surface area contributed by atoms with Gasteiger partial charge in [0.25, 0.3) is 0 Å². The molecular formula is C21H44O2. The van der Waals surface area contributed by atoms with E-state index in [1.165, 1.54) is 25.7 Å². The van der Waals surface area contributed by atoms with Crippen LogP contribution in [-0.4, -0.2) is 23.4 Å². The number of rotatable bonds is 6. The second-order valence-electron chi connectivity index (χ2n) is 8.90. The van der Waals surface area contributed by atoms with Crippen LogP contribution in [0.4, 0.5) is 0 Å². The lowest BCUT2D eigenvalue weighted by Crippen LogP contribution is -2.37. The second kappa shape index (κ2) is 10.7. The fourth-order valence-corrected chi connectivity index (χ4v) is 4.55. The lowest BCUT2D eigenvalue weighted by atomic mass is 9.63. The molecule has 0 aromatic heterocycles. The van der Waals surface area contributed by atoms with Gasteiger partial charge in [0, 0.05) is 13.2 Å². The van der Waals surface area contributed by atoms with Crippen molar-refractivity contribution in [2.45, 2.75) is 74.7 Å². The van der Waals surface area contributed by atoms with Crippen LogP contribution in [0.2, 0.25) is 0 Å². The first-order valence-electron chi connectivity index (χ1n) is 9.51. The molecule has 2 heteroatoms. The summed E-state index contributed by atoms with van der Waals surface area (Å²) in [4.78, 5) is 0. The van der Waals surface area contributed by atoms with Gasteiger partial charge in [-0.2, -0.15) is 0 Å². The highest BCUT2D eigenvalue weighted by atomic mass is 16.3. The molecule has 140 valence electrons. The molecule has 0 bridgehead atoms. The van der Waals surface area contributed by atoms with E-state index in [-0.39, 0.29) is 7.43 Å². The topological polar surface area (TPSA) is 40.5 Å². The Hall–Kier alpha value is -0.0800. The zero-order valence-electron chi connectivity index (χ0n) is 15.8. The molecule has 2 aliphatic carbocycles. The second-order valence-corrected chi connectivity index (χ2v) is 8.90. The fraction of sp³-hybridized carbons (Fsp3) is 1.00. The molecule has 2 fully saturated rings. The molecule has 2 aliphatic rings. The van der Waals surface area contributed by atoms with Gasteiger partial charge in [-0.15, -0.1) is 0 Å². The Balaban J connectivity index is 0.000000403. The highest BCUT2D eigenvalue weighted by Gasteiger charge is 2.37. The molecular weight excluding hydrogens is 284 g/mol. The van der Waals surface area contributed by atoms with E-state index in [1.54, 1.807) is 0 Å². The maximum absolute atomic E-state index is 8.99. The number of aliphatic hydroxyl groups excluding tert-OH is 2. The van der Waals surface area contributed by atoms with Crippen LogP contribution in [0.15, 0.2) is 0 Å². The summed E-state index contributed by atoms with van der Waals surface area (Å²) in [5.41, 5.74) is 0. The van der Waals surface area contributed by atoms with Crippen molar-refractivity contribution in [2.75, 3.05) is 13.2 Å². The average molecular weight is 329 g/mol. The van der Waals surface area contributed by atoms with Crippen LogP contribution in [0.3, 0.4) is 0 Å². The molecule has 6 unspecified atom stereocenters. The minimum absolute atomic E-state index is 0. The third kappa shape index (κ3) is 6.74. The molecule has 2 saturated carbocycles. The lowest BCUT2D eigenvalue weighted by Gasteiger charge is -2.43. The Morgan fingerprint density at radius 2 is 1.04 bits per heavy atom. The van der Waals surface area contributed by atoms with Crippen molar-refractivity contribution in [2.24, 2.45) is 47.3 Å². The molecule has 0 spiro atoms. The third-order valence-corrected chi connectivity index (χ3v) is 5.98.